The molecule has 0 radical (unpaired) electrons. The number of ketones is 2. The van der Waals surface area contributed by atoms with Crippen molar-refractivity contribution in [2.75, 3.05) is 0 Å². The second-order valence-electron chi connectivity index (χ2n) is 12.0. The molecule has 1 fully saturated rings. The highest BCUT2D eigenvalue weighted by Gasteiger charge is 2.29. The molecule has 222 valence electrons. The number of rotatable bonds is 9. The van der Waals surface area contributed by atoms with Gasteiger partial charge in [0.25, 0.3) is 0 Å². The van der Waals surface area contributed by atoms with Gasteiger partial charge in [0.2, 0.25) is 0 Å². The molecule has 0 N–H and O–H groups in total. The first-order chi connectivity index (χ1) is 20.3. The summed E-state index contributed by atoms with van der Waals surface area (Å²) in [6.45, 7) is 12.5. The molecule has 2 aliphatic carbocycles. The minimum absolute atomic E-state index is 0. The minimum atomic E-state index is -0.261. The van der Waals surface area contributed by atoms with Gasteiger partial charge in [-0.15, -0.1) is 0 Å². The van der Waals surface area contributed by atoms with E-state index in [1.807, 2.05) is 45.1 Å². The molecular weight excluding hydrogens is 512 g/mol. The molecule has 0 saturated heterocycles. The molecule has 42 heavy (non-hydrogen) atoms. The molecule has 0 aliphatic heterocycles. The van der Waals surface area contributed by atoms with Crippen LogP contribution < -0.4 is 0 Å². The van der Waals surface area contributed by atoms with E-state index in [2.05, 4.69) is 75.4 Å². The summed E-state index contributed by atoms with van der Waals surface area (Å²) in [5, 5.41) is 0. The Kier molecular flexibility index (Phi) is 10.9. The predicted octanol–water partition coefficient (Wildman–Crippen LogP) is 10.7. The fourth-order valence-corrected chi connectivity index (χ4v) is 6.67. The number of hydrogen-bond donors (Lipinski definition) is 0. The molecule has 0 amide bonds. The van der Waals surface area contributed by atoms with Gasteiger partial charge in [0.05, 0.1) is 0 Å². The van der Waals surface area contributed by atoms with Crippen LogP contribution in [0.4, 0.5) is 0 Å². The summed E-state index contributed by atoms with van der Waals surface area (Å²) in [4.78, 5) is 26.9. The summed E-state index contributed by atoms with van der Waals surface area (Å²) in [7, 11) is 0. The number of benzene rings is 3. The van der Waals surface area contributed by atoms with Crippen molar-refractivity contribution >= 4 is 11.6 Å². The van der Waals surface area contributed by atoms with Crippen LogP contribution in [-0.4, -0.2) is 11.6 Å². The van der Waals surface area contributed by atoms with E-state index in [0.29, 0.717) is 24.7 Å². The third-order valence-corrected chi connectivity index (χ3v) is 9.36. The monoisotopic (exact) mass is 562 g/mol. The van der Waals surface area contributed by atoms with Gasteiger partial charge in [-0.2, -0.15) is 0 Å². The van der Waals surface area contributed by atoms with E-state index in [4.69, 9.17) is 0 Å². The zero-order valence-electron chi connectivity index (χ0n) is 26.5. The lowest BCUT2D eigenvalue weighted by Gasteiger charge is -2.32. The SMILES string of the molecule is CC.Cc1ccc(CCC(=O)c2ccc(C3CCC(c4ccccc4C)CC3)c(C(C)C(=O)C3=CC=CC3)c2)cc1C.[HH]. The van der Waals surface area contributed by atoms with Crippen molar-refractivity contribution in [3.63, 3.8) is 0 Å². The van der Waals surface area contributed by atoms with Gasteiger partial charge in [-0.25, -0.2) is 0 Å². The number of carbonyl (C=O) groups is 2. The second kappa shape index (κ2) is 14.6. The summed E-state index contributed by atoms with van der Waals surface area (Å²) >= 11 is 0. The van der Waals surface area contributed by atoms with Crippen LogP contribution in [0.2, 0.25) is 0 Å². The van der Waals surface area contributed by atoms with Gasteiger partial charge in [-0.05, 0) is 122 Å². The Morgan fingerprint density at radius 2 is 1.50 bits per heavy atom. The van der Waals surface area contributed by atoms with E-state index >= 15 is 0 Å². The molecule has 3 aromatic rings. The first-order valence-electron chi connectivity index (χ1n) is 16.0. The van der Waals surface area contributed by atoms with Crippen LogP contribution in [0.15, 0.2) is 84.5 Å². The van der Waals surface area contributed by atoms with Crippen molar-refractivity contribution in [2.45, 2.75) is 104 Å². The third-order valence-electron chi connectivity index (χ3n) is 9.36. The minimum Gasteiger partial charge on any atom is -0.294 e. The van der Waals surface area contributed by atoms with E-state index in [0.717, 1.165) is 48.8 Å². The lowest BCUT2D eigenvalue weighted by molar-refractivity contribution is -0.116. The summed E-state index contributed by atoms with van der Waals surface area (Å²) in [6.07, 6.45) is 12.4. The van der Waals surface area contributed by atoms with Gasteiger partial charge in [0, 0.05) is 19.3 Å². The molecule has 1 saturated carbocycles. The molecule has 3 aromatic carbocycles. The molecule has 0 spiro atoms. The molecule has 2 nitrogen and oxygen atoms in total. The van der Waals surface area contributed by atoms with Crippen molar-refractivity contribution in [1.29, 1.82) is 0 Å². The molecule has 5 rings (SSSR count). The summed E-state index contributed by atoms with van der Waals surface area (Å²) < 4.78 is 0. The summed E-state index contributed by atoms with van der Waals surface area (Å²) in [5.41, 5.74) is 10.5. The zero-order valence-corrected chi connectivity index (χ0v) is 26.5. The van der Waals surface area contributed by atoms with E-state index in [1.165, 1.54) is 33.4 Å². The molecule has 1 unspecified atom stereocenters. The van der Waals surface area contributed by atoms with Crippen LogP contribution in [-0.2, 0) is 11.2 Å². The molecule has 0 bridgehead atoms. The van der Waals surface area contributed by atoms with E-state index in [9.17, 15) is 9.59 Å². The molecule has 0 heterocycles. The number of Topliss-reactive ketones (excluding diaryl/α,β-unsaturated/α-hetero) is 2. The molecular formula is C40H50O2. The average Bonchev–Trinajstić information content (AvgIpc) is 3.57. The molecule has 0 aromatic heterocycles. The lowest BCUT2D eigenvalue weighted by atomic mass is 9.73. The van der Waals surface area contributed by atoms with Crippen LogP contribution in [0.25, 0.3) is 0 Å². The van der Waals surface area contributed by atoms with Crippen LogP contribution in [0.3, 0.4) is 0 Å². The summed E-state index contributed by atoms with van der Waals surface area (Å²) in [6, 6.07) is 21.5. The van der Waals surface area contributed by atoms with E-state index < -0.39 is 0 Å². The highest BCUT2D eigenvalue weighted by atomic mass is 16.1. The second-order valence-corrected chi connectivity index (χ2v) is 12.0. The fraction of sp³-hybridized carbons (Fsp3) is 0.400. The number of hydrogen-bond acceptors (Lipinski definition) is 2. The van der Waals surface area contributed by atoms with Crippen molar-refractivity contribution < 1.29 is 11.0 Å². The molecule has 2 aliphatic rings. The van der Waals surface area contributed by atoms with Gasteiger partial charge < -0.3 is 0 Å². The van der Waals surface area contributed by atoms with E-state index in [-0.39, 0.29) is 18.9 Å². The Balaban J connectivity index is 0.00000165. The normalized spacial score (nSPS) is 18.6. The smallest absolute Gasteiger partial charge is 0.166 e. The van der Waals surface area contributed by atoms with Crippen LogP contribution >= 0.6 is 0 Å². The van der Waals surface area contributed by atoms with Gasteiger partial charge in [0.1, 0.15) is 0 Å². The van der Waals surface area contributed by atoms with Crippen molar-refractivity contribution in [3.05, 3.63) is 129 Å². The highest BCUT2D eigenvalue weighted by molar-refractivity contribution is 6.02. The van der Waals surface area contributed by atoms with Crippen LogP contribution in [0.5, 0.6) is 0 Å². The molecule has 1 atom stereocenters. The van der Waals surface area contributed by atoms with Crippen molar-refractivity contribution in [3.8, 4) is 0 Å². The van der Waals surface area contributed by atoms with E-state index in [1.54, 1.807) is 0 Å². The van der Waals surface area contributed by atoms with Gasteiger partial charge >= 0.3 is 0 Å². The largest absolute Gasteiger partial charge is 0.294 e. The fourth-order valence-electron chi connectivity index (χ4n) is 6.67. The number of carbonyl (C=O) groups excluding carboxylic acids is 2. The quantitative estimate of drug-likeness (QED) is 0.243. The molecule has 2 heteroatoms. The lowest BCUT2D eigenvalue weighted by Crippen LogP contribution is -2.18. The van der Waals surface area contributed by atoms with Gasteiger partial charge in [-0.1, -0.05) is 93.6 Å². The topological polar surface area (TPSA) is 34.1 Å². The van der Waals surface area contributed by atoms with Gasteiger partial charge in [0.15, 0.2) is 11.6 Å². The zero-order chi connectivity index (χ0) is 30.2. The number of allylic oxidation sites excluding steroid dienone is 4. The Morgan fingerprint density at radius 1 is 0.810 bits per heavy atom. The van der Waals surface area contributed by atoms with Crippen LogP contribution in [0, 0.1) is 20.8 Å². The maximum Gasteiger partial charge on any atom is 0.166 e. The van der Waals surface area contributed by atoms with Gasteiger partial charge in [-0.3, -0.25) is 9.59 Å². The first-order valence-corrected chi connectivity index (χ1v) is 16.0. The maximum atomic E-state index is 13.5. The summed E-state index contributed by atoms with van der Waals surface area (Å²) in [5.74, 6) is 1.08. The Bertz CT molecular complexity index is 1470. The van der Waals surface area contributed by atoms with Crippen LogP contribution in [0.1, 0.15) is 128 Å². The van der Waals surface area contributed by atoms with Crippen molar-refractivity contribution in [1.82, 2.24) is 0 Å². The highest BCUT2D eigenvalue weighted by Crippen LogP contribution is 2.43. The average molecular weight is 563 g/mol. The van der Waals surface area contributed by atoms with Crippen molar-refractivity contribution in [2.24, 2.45) is 0 Å². The Hall–Kier alpha value is -3.52. The maximum absolute atomic E-state index is 13.5. The first kappa shape index (κ1) is 31.4. The standard InChI is InChI=1S/C38H42O2.C2H6.H2/c1-25-13-14-29(23-27(25)3)15-22-37(39)33-20-21-35(36(24-33)28(4)38(40)32-10-6-7-11-32)31-18-16-30(17-19-31)34-12-8-5-9-26(34)2;1-2;/h5-10,12-14,20-21,23-24,28,30-31H,11,15-19,22H2,1-4H3;1-2H3;1H. The third kappa shape index (κ3) is 7.27. The Labute approximate surface area is 255 Å². The Morgan fingerprint density at radius 3 is 2.14 bits per heavy atom. The predicted molar refractivity (Wildman–Crippen MR) is 179 cm³/mol. The number of aryl methyl sites for hydroxylation is 4.